The van der Waals surface area contributed by atoms with Crippen molar-refractivity contribution in [3.63, 3.8) is 0 Å². The predicted molar refractivity (Wildman–Crippen MR) is 123 cm³/mol. The van der Waals surface area contributed by atoms with Gasteiger partial charge in [-0.05, 0) is 19.1 Å². The molecule has 0 saturated carbocycles. The summed E-state index contributed by atoms with van der Waals surface area (Å²) in [5.74, 6) is 1.85. The lowest BCUT2D eigenvalue weighted by Crippen LogP contribution is -1.99. The molecule has 0 aliphatic carbocycles. The minimum Gasteiger partial charge on any atom is -0.507 e. The first-order chi connectivity index (χ1) is 15.2. The number of anilines is 1. The molecule has 31 heavy (non-hydrogen) atoms. The number of phenols is 1. The van der Waals surface area contributed by atoms with Gasteiger partial charge in [0, 0.05) is 28.8 Å². The first-order valence-electron chi connectivity index (χ1n) is 9.98. The third-order valence-electron chi connectivity index (χ3n) is 4.52. The first-order valence-corrected chi connectivity index (χ1v) is 9.98. The largest absolute Gasteiger partial charge is 0.507 e. The summed E-state index contributed by atoms with van der Waals surface area (Å²) in [6.07, 6.45) is 1.54. The van der Waals surface area contributed by atoms with Gasteiger partial charge in [0.1, 0.15) is 11.5 Å². The molecular weight excluding hydrogens is 388 g/mol. The van der Waals surface area contributed by atoms with E-state index in [-0.39, 0.29) is 5.75 Å². The number of hydrogen-bond donors (Lipinski definition) is 2. The minimum atomic E-state index is 0.0918. The van der Waals surface area contributed by atoms with Crippen molar-refractivity contribution in [2.24, 2.45) is 5.10 Å². The molecule has 3 aromatic carbocycles. The summed E-state index contributed by atoms with van der Waals surface area (Å²) in [7, 11) is 0. The van der Waals surface area contributed by atoms with Gasteiger partial charge >= 0.3 is 0 Å². The van der Waals surface area contributed by atoms with E-state index in [1.807, 2.05) is 73.7 Å². The highest BCUT2D eigenvalue weighted by atomic mass is 16.5. The van der Waals surface area contributed by atoms with Crippen LogP contribution < -0.4 is 10.2 Å². The number of hydrazone groups is 1. The van der Waals surface area contributed by atoms with Crippen molar-refractivity contribution >= 4 is 12.0 Å². The molecule has 0 atom stereocenters. The first kappa shape index (κ1) is 20.1. The SMILES string of the molecule is CCOc1ccc(/C=N\Nc2cc(-c3ccccc3)nc(-c3ccccc3)n2)c(O)c1. The van der Waals surface area contributed by atoms with Crippen molar-refractivity contribution in [2.45, 2.75) is 6.92 Å². The lowest BCUT2D eigenvalue weighted by Gasteiger charge is -2.08. The van der Waals surface area contributed by atoms with E-state index >= 15 is 0 Å². The summed E-state index contributed by atoms with van der Waals surface area (Å²) in [4.78, 5) is 9.33. The smallest absolute Gasteiger partial charge is 0.162 e. The molecule has 0 aliphatic heterocycles. The highest BCUT2D eigenvalue weighted by Gasteiger charge is 2.08. The Kier molecular flexibility index (Phi) is 6.18. The lowest BCUT2D eigenvalue weighted by molar-refractivity contribution is 0.337. The van der Waals surface area contributed by atoms with Crippen LogP contribution in [-0.4, -0.2) is 27.9 Å². The Morgan fingerprint density at radius 1 is 0.903 bits per heavy atom. The topological polar surface area (TPSA) is 79.6 Å². The molecule has 6 heteroatoms. The third kappa shape index (κ3) is 5.05. The molecule has 4 aromatic rings. The number of hydrogen-bond acceptors (Lipinski definition) is 6. The van der Waals surface area contributed by atoms with Crippen molar-refractivity contribution in [3.8, 4) is 34.1 Å². The number of aromatic hydroxyl groups is 1. The van der Waals surface area contributed by atoms with Gasteiger partial charge in [0.2, 0.25) is 0 Å². The summed E-state index contributed by atoms with van der Waals surface area (Å²) in [5.41, 5.74) is 6.21. The number of benzene rings is 3. The van der Waals surface area contributed by atoms with Crippen LogP contribution in [0.4, 0.5) is 5.82 Å². The van der Waals surface area contributed by atoms with Gasteiger partial charge in [0.05, 0.1) is 18.5 Å². The Bertz CT molecular complexity index is 1120. The molecule has 0 fully saturated rings. The molecular formula is C25H22N4O2. The van der Waals surface area contributed by atoms with E-state index in [1.54, 1.807) is 18.2 Å². The molecule has 0 saturated heterocycles. The molecule has 0 radical (unpaired) electrons. The van der Waals surface area contributed by atoms with E-state index in [2.05, 4.69) is 15.5 Å². The van der Waals surface area contributed by atoms with Crippen LogP contribution in [0.3, 0.4) is 0 Å². The van der Waals surface area contributed by atoms with Crippen molar-refractivity contribution in [3.05, 3.63) is 90.5 Å². The van der Waals surface area contributed by atoms with Gasteiger partial charge in [0.15, 0.2) is 11.6 Å². The van der Waals surface area contributed by atoms with Crippen molar-refractivity contribution in [1.82, 2.24) is 9.97 Å². The maximum Gasteiger partial charge on any atom is 0.162 e. The van der Waals surface area contributed by atoms with Crippen LogP contribution in [-0.2, 0) is 0 Å². The zero-order valence-corrected chi connectivity index (χ0v) is 17.1. The second-order valence-corrected chi connectivity index (χ2v) is 6.72. The molecule has 1 aromatic heterocycles. The van der Waals surface area contributed by atoms with Gasteiger partial charge in [-0.1, -0.05) is 60.7 Å². The van der Waals surface area contributed by atoms with Crippen LogP contribution in [0.2, 0.25) is 0 Å². The average Bonchev–Trinajstić information content (AvgIpc) is 2.82. The Labute approximate surface area is 180 Å². The van der Waals surface area contributed by atoms with Gasteiger partial charge < -0.3 is 9.84 Å². The predicted octanol–water partition coefficient (Wildman–Crippen LogP) is 5.36. The fourth-order valence-corrected chi connectivity index (χ4v) is 3.03. The van der Waals surface area contributed by atoms with Gasteiger partial charge in [-0.15, -0.1) is 0 Å². The second-order valence-electron chi connectivity index (χ2n) is 6.72. The summed E-state index contributed by atoms with van der Waals surface area (Å²) in [5, 5.41) is 14.4. The molecule has 154 valence electrons. The Balaban J connectivity index is 1.62. The standard InChI is InChI=1S/C25H22N4O2/c1-2-31-21-14-13-20(23(30)15-21)17-26-29-24-16-22(18-9-5-3-6-10-18)27-25(28-24)19-11-7-4-8-12-19/h3-17,30H,2H2,1H3,(H,27,28,29)/b26-17-. The van der Waals surface area contributed by atoms with Gasteiger partial charge in [-0.3, -0.25) is 5.43 Å². The second kappa shape index (κ2) is 9.54. The van der Waals surface area contributed by atoms with E-state index in [0.29, 0.717) is 29.6 Å². The van der Waals surface area contributed by atoms with E-state index in [1.165, 1.54) is 6.21 Å². The monoisotopic (exact) mass is 410 g/mol. The minimum absolute atomic E-state index is 0.0918. The fourth-order valence-electron chi connectivity index (χ4n) is 3.03. The van der Waals surface area contributed by atoms with E-state index in [9.17, 15) is 5.11 Å². The number of rotatable bonds is 7. The average molecular weight is 410 g/mol. The summed E-state index contributed by atoms with van der Waals surface area (Å²) in [6, 6.07) is 26.7. The Morgan fingerprint density at radius 2 is 1.61 bits per heavy atom. The third-order valence-corrected chi connectivity index (χ3v) is 4.52. The van der Waals surface area contributed by atoms with Crippen molar-refractivity contribution < 1.29 is 9.84 Å². The van der Waals surface area contributed by atoms with Crippen LogP contribution in [0.5, 0.6) is 11.5 Å². The van der Waals surface area contributed by atoms with E-state index < -0.39 is 0 Å². The zero-order chi connectivity index (χ0) is 21.5. The van der Waals surface area contributed by atoms with Gasteiger partial charge in [0.25, 0.3) is 0 Å². The number of ether oxygens (including phenoxy) is 1. The molecule has 0 aliphatic rings. The number of nitrogens with one attached hydrogen (secondary N) is 1. The van der Waals surface area contributed by atoms with Crippen LogP contribution >= 0.6 is 0 Å². The molecule has 1 heterocycles. The normalized spacial score (nSPS) is 10.9. The fraction of sp³-hybridized carbons (Fsp3) is 0.0800. The summed E-state index contributed by atoms with van der Waals surface area (Å²) in [6.45, 7) is 2.43. The number of aromatic nitrogens is 2. The summed E-state index contributed by atoms with van der Waals surface area (Å²) < 4.78 is 5.39. The molecule has 4 rings (SSSR count). The zero-order valence-electron chi connectivity index (χ0n) is 17.1. The number of phenolic OH excluding ortho intramolecular Hbond substituents is 1. The highest BCUT2D eigenvalue weighted by molar-refractivity contribution is 5.84. The van der Waals surface area contributed by atoms with Gasteiger partial charge in [-0.25, -0.2) is 9.97 Å². The lowest BCUT2D eigenvalue weighted by atomic mass is 10.1. The van der Waals surface area contributed by atoms with E-state index in [0.717, 1.165) is 16.8 Å². The Morgan fingerprint density at radius 3 is 2.29 bits per heavy atom. The highest BCUT2D eigenvalue weighted by Crippen LogP contribution is 2.25. The quantitative estimate of drug-likeness (QED) is 0.317. The molecule has 0 unspecified atom stereocenters. The molecule has 0 bridgehead atoms. The molecule has 0 amide bonds. The maximum atomic E-state index is 10.2. The van der Waals surface area contributed by atoms with Crippen LogP contribution in [0.25, 0.3) is 22.6 Å². The van der Waals surface area contributed by atoms with Crippen LogP contribution in [0.1, 0.15) is 12.5 Å². The molecule has 6 nitrogen and oxygen atoms in total. The molecule has 2 N–H and O–H groups in total. The maximum absolute atomic E-state index is 10.2. The number of nitrogens with zero attached hydrogens (tertiary/aromatic N) is 3. The van der Waals surface area contributed by atoms with Crippen molar-refractivity contribution in [1.29, 1.82) is 0 Å². The molecule has 0 spiro atoms. The summed E-state index contributed by atoms with van der Waals surface area (Å²) >= 11 is 0. The van der Waals surface area contributed by atoms with Crippen LogP contribution in [0.15, 0.2) is 90.0 Å². The van der Waals surface area contributed by atoms with E-state index in [4.69, 9.17) is 9.72 Å². The Hall–Kier alpha value is -4.19. The van der Waals surface area contributed by atoms with Crippen LogP contribution in [0, 0.1) is 0 Å². The van der Waals surface area contributed by atoms with Gasteiger partial charge in [-0.2, -0.15) is 5.10 Å². The van der Waals surface area contributed by atoms with Crippen molar-refractivity contribution in [2.75, 3.05) is 12.0 Å².